The number of carbonyl (C=O) groups is 1. The molecule has 0 aliphatic carbocycles. The first-order valence-electron chi connectivity index (χ1n) is 10.6. The van der Waals surface area contributed by atoms with Crippen LogP contribution in [0.25, 0.3) is 0 Å². The van der Waals surface area contributed by atoms with Gasteiger partial charge in [0.25, 0.3) is 0 Å². The largest absolute Gasteiger partial charge is 0.486 e. The Morgan fingerprint density at radius 3 is 2.59 bits per heavy atom. The molecule has 2 rings (SSSR count). The van der Waals surface area contributed by atoms with Gasteiger partial charge in [-0.05, 0) is 38.3 Å². The van der Waals surface area contributed by atoms with Crippen LogP contribution in [0, 0.1) is 0 Å². The molecule has 0 saturated heterocycles. The third-order valence-electron chi connectivity index (χ3n) is 4.84. The van der Waals surface area contributed by atoms with Gasteiger partial charge in [0.15, 0.2) is 11.5 Å². The molecular weight excluding hydrogens is 392 g/mol. The van der Waals surface area contributed by atoms with Gasteiger partial charge in [0, 0.05) is 25.1 Å². The minimum atomic E-state index is -3.59. The van der Waals surface area contributed by atoms with E-state index in [9.17, 15) is 13.2 Å². The molecule has 2 N–H and O–H groups in total. The van der Waals surface area contributed by atoms with E-state index < -0.39 is 10.0 Å². The average Bonchev–Trinajstić information content (AvgIpc) is 2.70. The Labute approximate surface area is 174 Å². The van der Waals surface area contributed by atoms with E-state index >= 15 is 0 Å². The summed E-state index contributed by atoms with van der Waals surface area (Å²) in [4.78, 5) is 12.1. The summed E-state index contributed by atoms with van der Waals surface area (Å²) in [6.07, 6.45) is 7.24. The molecule has 0 saturated carbocycles. The third kappa shape index (κ3) is 8.22. The highest BCUT2D eigenvalue weighted by Crippen LogP contribution is 2.32. The summed E-state index contributed by atoms with van der Waals surface area (Å²) in [5.41, 5.74) is 0. The second kappa shape index (κ2) is 12.0. The fraction of sp³-hybridized carbons (Fsp3) is 0.667. The van der Waals surface area contributed by atoms with E-state index in [2.05, 4.69) is 17.0 Å². The number of ether oxygens (including phenoxy) is 2. The van der Waals surface area contributed by atoms with Gasteiger partial charge in [0.1, 0.15) is 13.2 Å². The lowest BCUT2D eigenvalue weighted by Gasteiger charge is -2.18. The van der Waals surface area contributed by atoms with Gasteiger partial charge in [-0.2, -0.15) is 0 Å². The zero-order valence-electron chi connectivity index (χ0n) is 17.5. The summed E-state index contributed by atoms with van der Waals surface area (Å²) in [7, 11) is -3.59. The van der Waals surface area contributed by atoms with Gasteiger partial charge >= 0.3 is 0 Å². The highest BCUT2D eigenvalue weighted by Gasteiger charge is 2.18. The van der Waals surface area contributed by atoms with E-state index in [0.717, 1.165) is 25.7 Å². The molecule has 164 valence electrons. The van der Waals surface area contributed by atoms with E-state index in [0.29, 0.717) is 44.1 Å². The summed E-state index contributed by atoms with van der Waals surface area (Å²) in [6, 6.07) is 4.84. The first-order chi connectivity index (χ1) is 13.9. The van der Waals surface area contributed by atoms with Gasteiger partial charge in [-0.3, -0.25) is 4.79 Å². The van der Waals surface area contributed by atoms with Crippen LogP contribution in [0.3, 0.4) is 0 Å². The maximum atomic E-state index is 12.4. The predicted molar refractivity (Wildman–Crippen MR) is 113 cm³/mol. The molecule has 0 spiro atoms. The number of hydrogen-bond acceptors (Lipinski definition) is 5. The van der Waals surface area contributed by atoms with E-state index in [1.165, 1.54) is 25.0 Å². The standard InChI is InChI=1S/C21H34N2O5S/c1-3-4-6-9-17(2)23-21(24)10-7-5-8-13-22-29(25,26)18-11-12-19-20(16-18)28-15-14-27-19/h11-12,16-17,22H,3-10,13-15H2,1-2H3,(H,23,24). The molecule has 0 aromatic heterocycles. The topological polar surface area (TPSA) is 93.7 Å². The molecule has 1 heterocycles. The van der Waals surface area contributed by atoms with Crippen molar-refractivity contribution in [3.8, 4) is 11.5 Å². The van der Waals surface area contributed by atoms with Crippen LogP contribution in [0.15, 0.2) is 23.1 Å². The number of benzene rings is 1. The number of carbonyl (C=O) groups excluding carboxylic acids is 1. The van der Waals surface area contributed by atoms with Crippen molar-refractivity contribution in [2.24, 2.45) is 0 Å². The molecule has 7 nitrogen and oxygen atoms in total. The van der Waals surface area contributed by atoms with Gasteiger partial charge in [0.05, 0.1) is 4.90 Å². The highest BCUT2D eigenvalue weighted by molar-refractivity contribution is 7.89. The zero-order valence-corrected chi connectivity index (χ0v) is 18.4. The summed E-state index contributed by atoms with van der Waals surface area (Å²) in [5, 5.41) is 3.03. The van der Waals surface area contributed by atoms with Crippen molar-refractivity contribution in [2.45, 2.75) is 76.2 Å². The van der Waals surface area contributed by atoms with Gasteiger partial charge in [-0.1, -0.05) is 32.6 Å². The molecule has 1 aliphatic rings. The molecule has 1 atom stereocenters. The van der Waals surface area contributed by atoms with Crippen molar-refractivity contribution in [2.75, 3.05) is 19.8 Å². The first-order valence-corrected chi connectivity index (χ1v) is 12.1. The van der Waals surface area contributed by atoms with Gasteiger partial charge in [-0.25, -0.2) is 13.1 Å². The first kappa shape index (κ1) is 23.5. The molecule has 1 aromatic carbocycles. The van der Waals surface area contributed by atoms with Crippen LogP contribution in [0.4, 0.5) is 0 Å². The lowest BCUT2D eigenvalue weighted by Crippen LogP contribution is -2.32. The quantitative estimate of drug-likeness (QED) is 0.472. The fourth-order valence-corrected chi connectivity index (χ4v) is 4.28. The fourth-order valence-electron chi connectivity index (χ4n) is 3.19. The highest BCUT2D eigenvalue weighted by atomic mass is 32.2. The van der Waals surface area contributed by atoms with Crippen LogP contribution in [0.1, 0.15) is 65.2 Å². The van der Waals surface area contributed by atoms with Crippen molar-refractivity contribution < 1.29 is 22.7 Å². The summed E-state index contributed by atoms with van der Waals surface area (Å²) < 4.78 is 38.3. The van der Waals surface area contributed by atoms with Gasteiger partial charge < -0.3 is 14.8 Å². The molecule has 1 unspecified atom stereocenters. The van der Waals surface area contributed by atoms with Crippen LogP contribution in [0.5, 0.6) is 11.5 Å². The molecule has 1 aromatic rings. The number of unbranched alkanes of at least 4 members (excludes halogenated alkanes) is 4. The van der Waals surface area contributed by atoms with E-state index in [4.69, 9.17) is 9.47 Å². The smallest absolute Gasteiger partial charge is 0.240 e. The summed E-state index contributed by atoms with van der Waals surface area (Å²) in [5.74, 6) is 1.09. The molecule has 29 heavy (non-hydrogen) atoms. The van der Waals surface area contributed by atoms with Crippen molar-refractivity contribution in [1.82, 2.24) is 10.0 Å². The maximum Gasteiger partial charge on any atom is 0.240 e. The Hall–Kier alpha value is -1.80. The van der Waals surface area contributed by atoms with Crippen LogP contribution in [-0.2, 0) is 14.8 Å². The van der Waals surface area contributed by atoms with Crippen LogP contribution >= 0.6 is 0 Å². The van der Waals surface area contributed by atoms with Crippen molar-refractivity contribution >= 4 is 15.9 Å². The third-order valence-corrected chi connectivity index (χ3v) is 6.30. The molecule has 0 fully saturated rings. The zero-order chi connectivity index (χ0) is 21.1. The molecule has 1 aliphatic heterocycles. The Morgan fingerprint density at radius 2 is 1.83 bits per heavy atom. The Balaban J connectivity index is 1.63. The minimum Gasteiger partial charge on any atom is -0.486 e. The molecule has 8 heteroatoms. The normalized spacial score (nSPS) is 14.4. The Morgan fingerprint density at radius 1 is 1.07 bits per heavy atom. The van der Waals surface area contributed by atoms with Gasteiger partial charge in [0.2, 0.25) is 15.9 Å². The van der Waals surface area contributed by atoms with Crippen LogP contribution in [0.2, 0.25) is 0 Å². The second-order valence-corrected chi connectivity index (χ2v) is 9.25. The van der Waals surface area contributed by atoms with Gasteiger partial charge in [-0.15, -0.1) is 0 Å². The number of nitrogens with one attached hydrogen (secondary N) is 2. The number of amides is 1. The maximum absolute atomic E-state index is 12.4. The average molecular weight is 427 g/mol. The Bertz CT molecular complexity index is 751. The van der Waals surface area contributed by atoms with Crippen LogP contribution < -0.4 is 19.5 Å². The second-order valence-electron chi connectivity index (χ2n) is 7.48. The van der Waals surface area contributed by atoms with Crippen molar-refractivity contribution in [1.29, 1.82) is 0 Å². The lowest BCUT2D eigenvalue weighted by molar-refractivity contribution is -0.121. The Kier molecular flexibility index (Phi) is 9.73. The number of sulfonamides is 1. The van der Waals surface area contributed by atoms with Crippen molar-refractivity contribution in [3.05, 3.63) is 18.2 Å². The summed E-state index contributed by atoms with van der Waals surface area (Å²) in [6.45, 7) is 5.42. The molecule has 1 amide bonds. The number of hydrogen-bond donors (Lipinski definition) is 2. The summed E-state index contributed by atoms with van der Waals surface area (Å²) >= 11 is 0. The van der Waals surface area contributed by atoms with E-state index in [1.807, 2.05) is 6.92 Å². The SMILES string of the molecule is CCCCCC(C)NC(=O)CCCCCNS(=O)(=O)c1ccc2c(c1)OCCO2. The van der Waals surface area contributed by atoms with E-state index in [-0.39, 0.29) is 16.8 Å². The van der Waals surface area contributed by atoms with Crippen molar-refractivity contribution in [3.63, 3.8) is 0 Å². The van der Waals surface area contributed by atoms with E-state index in [1.54, 1.807) is 6.07 Å². The molecular formula is C21H34N2O5S. The monoisotopic (exact) mass is 426 g/mol. The van der Waals surface area contributed by atoms with Crippen LogP contribution in [-0.4, -0.2) is 40.1 Å². The number of fused-ring (bicyclic) bond motifs is 1. The molecule has 0 radical (unpaired) electrons. The lowest BCUT2D eigenvalue weighted by atomic mass is 10.1. The number of rotatable bonds is 13. The minimum absolute atomic E-state index is 0.0749. The molecule has 0 bridgehead atoms. The predicted octanol–water partition coefficient (Wildman–Crippen LogP) is 3.38.